The van der Waals surface area contributed by atoms with Gasteiger partial charge in [-0.3, -0.25) is 4.79 Å². The Bertz CT molecular complexity index is 356. The van der Waals surface area contributed by atoms with Gasteiger partial charge in [-0.1, -0.05) is 13.8 Å². The van der Waals surface area contributed by atoms with Gasteiger partial charge in [0.1, 0.15) is 12.0 Å². The van der Waals surface area contributed by atoms with Crippen LogP contribution in [0.4, 0.5) is 0 Å². The highest BCUT2D eigenvalue weighted by atomic mass is 16.5. The highest BCUT2D eigenvalue weighted by Gasteiger charge is 2.07. The van der Waals surface area contributed by atoms with E-state index in [0.717, 1.165) is 29.6 Å². The average Bonchev–Trinajstić information content (AvgIpc) is 2.16. The molecule has 0 heterocycles. The van der Waals surface area contributed by atoms with Gasteiger partial charge in [-0.2, -0.15) is 0 Å². The molecule has 16 heavy (non-hydrogen) atoms. The lowest BCUT2D eigenvalue weighted by atomic mass is 10.1. The average molecular weight is 220 g/mol. The lowest BCUT2D eigenvalue weighted by molar-refractivity contribution is 0.112. The standard InChI is InChI=1S/C14H20O2/c1-10(2)7-12(4)16-14-6-5-13(9-15)11(3)8-14/h5-6,8-10,12H,7H2,1-4H3. The number of rotatable bonds is 5. The molecule has 1 aromatic rings. The summed E-state index contributed by atoms with van der Waals surface area (Å²) in [5, 5.41) is 0. The summed E-state index contributed by atoms with van der Waals surface area (Å²) in [7, 11) is 0. The van der Waals surface area contributed by atoms with E-state index in [1.807, 2.05) is 19.1 Å². The molecule has 0 aliphatic rings. The second-order valence-corrected chi connectivity index (χ2v) is 4.69. The summed E-state index contributed by atoms with van der Waals surface area (Å²) in [5.41, 5.74) is 1.69. The molecule has 0 saturated carbocycles. The second kappa shape index (κ2) is 5.69. The van der Waals surface area contributed by atoms with Crippen molar-refractivity contribution in [2.45, 2.75) is 40.2 Å². The van der Waals surface area contributed by atoms with E-state index in [-0.39, 0.29) is 6.10 Å². The summed E-state index contributed by atoms with van der Waals surface area (Å²) in [6, 6.07) is 5.58. The summed E-state index contributed by atoms with van der Waals surface area (Å²) >= 11 is 0. The Morgan fingerprint density at radius 2 is 2.00 bits per heavy atom. The number of carbonyl (C=O) groups is 1. The molecule has 1 aromatic carbocycles. The van der Waals surface area contributed by atoms with Crippen LogP contribution in [0.5, 0.6) is 5.75 Å². The van der Waals surface area contributed by atoms with Crippen LogP contribution >= 0.6 is 0 Å². The van der Waals surface area contributed by atoms with Crippen molar-refractivity contribution in [2.75, 3.05) is 0 Å². The van der Waals surface area contributed by atoms with Gasteiger partial charge in [-0.15, -0.1) is 0 Å². The molecule has 0 amide bonds. The lowest BCUT2D eigenvalue weighted by Crippen LogP contribution is -2.14. The highest BCUT2D eigenvalue weighted by molar-refractivity contribution is 5.77. The normalized spacial score (nSPS) is 12.6. The van der Waals surface area contributed by atoms with Gasteiger partial charge >= 0.3 is 0 Å². The fraction of sp³-hybridized carbons (Fsp3) is 0.500. The molecular weight excluding hydrogens is 200 g/mol. The highest BCUT2D eigenvalue weighted by Crippen LogP contribution is 2.19. The Morgan fingerprint density at radius 1 is 1.31 bits per heavy atom. The van der Waals surface area contributed by atoms with Crippen molar-refractivity contribution in [3.8, 4) is 5.75 Å². The number of carbonyl (C=O) groups excluding carboxylic acids is 1. The first kappa shape index (κ1) is 12.8. The predicted octanol–water partition coefficient (Wildman–Crippen LogP) is 3.62. The minimum Gasteiger partial charge on any atom is -0.491 e. The summed E-state index contributed by atoms with van der Waals surface area (Å²) in [6.07, 6.45) is 2.12. The largest absolute Gasteiger partial charge is 0.491 e. The van der Waals surface area contributed by atoms with Gasteiger partial charge in [-0.25, -0.2) is 0 Å². The van der Waals surface area contributed by atoms with Crippen LogP contribution in [0, 0.1) is 12.8 Å². The van der Waals surface area contributed by atoms with Gasteiger partial charge in [0, 0.05) is 5.56 Å². The van der Waals surface area contributed by atoms with Crippen LogP contribution in [-0.2, 0) is 0 Å². The molecule has 0 N–H and O–H groups in total. The molecule has 88 valence electrons. The minimum atomic E-state index is 0.210. The van der Waals surface area contributed by atoms with Crippen LogP contribution in [-0.4, -0.2) is 12.4 Å². The Labute approximate surface area is 97.6 Å². The molecule has 0 spiro atoms. The molecule has 0 aromatic heterocycles. The van der Waals surface area contributed by atoms with Crippen LogP contribution in [0.2, 0.25) is 0 Å². The quantitative estimate of drug-likeness (QED) is 0.708. The van der Waals surface area contributed by atoms with Crippen LogP contribution in [0.25, 0.3) is 0 Å². The first-order chi connectivity index (χ1) is 7.52. The molecular formula is C14H20O2. The second-order valence-electron chi connectivity index (χ2n) is 4.69. The zero-order valence-corrected chi connectivity index (χ0v) is 10.5. The van der Waals surface area contributed by atoms with Crippen molar-refractivity contribution in [1.82, 2.24) is 0 Å². The number of aryl methyl sites for hydroxylation is 1. The Morgan fingerprint density at radius 3 is 2.50 bits per heavy atom. The van der Waals surface area contributed by atoms with Crippen LogP contribution in [0.15, 0.2) is 18.2 Å². The zero-order valence-electron chi connectivity index (χ0n) is 10.5. The molecule has 0 radical (unpaired) electrons. The third kappa shape index (κ3) is 3.69. The monoisotopic (exact) mass is 220 g/mol. The lowest BCUT2D eigenvalue weighted by Gasteiger charge is -2.17. The van der Waals surface area contributed by atoms with E-state index in [1.165, 1.54) is 0 Å². The summed E-state index contributed by atoms with van der Waals surface area (Å²) in [6.45, 7) is 8.36. The van der Waals surface area contributed by atoms with Gasteiger partial charge < -0.3 is 4.74 Å². The van der Waals surface area contributed by atoms with E-state index in [9.17, 15) is 4.79 Å². The molecule has 0 fully saturated rings. The van der Waals surface area contributed by atoms with Crippen molar-refractivity contribution in [3.05, 3.63) is 29.3 Å². The Hall–Kier alpha value is -1.31. The van der Waals surface area contributed by atoms with Crippen LogP contribution in [0.1, 0.15) is 43.1 Å². The first-order valence-corrected chi connectivity index (χ1v) is 5.75. The summed E-state index contributed by atoms with van der Waals surface area (Å²) in [4.78, 5) is 10.7. The fourth-order valence-corrected chi connectivity index (χ4v) is 1.80. The molecule has 1 rings (SSSR count). The molecule has 2 heteroatoms. The van der Waals surface area contributed by atoms with Crippen LogP contribution in [0.3, 0.4) is 0 Å². The Balaban J connectivity index is 2.67. The SMILES string of the molecule is Cc1cc(OC(C)CC(C)C)ccc1C=O. The predicted molar refractivity (Wildman–Crippen MR) is 66.1 cm³/mol. The number of hydrogen-bond acceptors (Lipinski definition) is 2. The van der Waals surface area contributed by atoms with Gasteiger partial charge in [0.05, 0.1) is 6.10 Å². The van der Waals surface area contributed by atoms with Crippen LogP contribution < -0.4 is 4.74 Å². The van der Waals surface area contributed by atoms with E-state index in [0.29, 0.717) is 5.92 Å². The topological polar surface area (TPSA) is 26.3 Å². The van der Waals surface area contributed by atoms with Gasteiger partial charge in [0.25, 0.3) is 0 Å². The molecule has 0 bridgehead atoms. The fourth-order valence-electron chi connectivity index (χ4n) is 1.80. The molecule has 2 nitrogen and oxygen atoms in total. The van der Waals surface area contributed by atoms with Crippen molar-refractivity contribution < 1.29 is 9.53 Å². The van der Waals surface area contributed by atoms with E-state index in [1.54, 1.807) is 6.07 Å². The summed E-state index contributed by atoms with van der Waals surface area (Å²) in [5.74, 6) is 1.47. The van der Waals surface area contributed by atoms with E-state index < -0.39 is 0 Å². The first-order valence-electron chi connectivity index (χ1n) is 5.75. The van der Waals surface area contributed by atoms with Crippen molar-refractivity contribution >= 4 is 6.29 Å². The molecule has 1 unspecified atom stereocenters. The number of aldehydes is 1. The van der Waals surface area contributed by atoms with Crippen molar-refractivity contribution in [3.63, 3.8) is 0 Å². The third-order valence-corrected chi connectivity index (χ3v) is 2.51. The number of benzene rings is 1. The Kier molecular flexibility index (Phi) is 4.53. The molecule has 1 atom stereocenters. The smallest absolute Gasteiger partial charge is 0.150 e. The number of ether oxygens (including phenoxy) is 1. The van der Waals surface area contributed by atoms with Crippen molar-refractivity contribution in [1.29, 1.82) is 0 Å². The van der Waals surface area contributed by atoms with Gasteiger partial charge in [0.2, 0.25) is 0 Å². The zero-order chi connectivity index (χ0) is 12.1. The van der Waals surface area contributed by atoms with E-state index in [2.05, 4.69) is 20.8 Å². The molecule has 0 aliphatic heterocycles. The van der Waals surface area contributed by atoms with Gasteiger partial charge in [0.15, 0.2) is 0 Å². The maximum Gasteiger partial charge on any atom is 0.150 e. The third-order valence-electron chi connectivity index (χ3n) is 2.51. The maximum atomic E-state index is 10.7. The minimum absolute atomic E-state index is 0.210. The molecule has 0 aliphatic carbocycles. The van der Waals surface area contributed by atoms with Gasteiger partial charge in [-0.05, 0) is 49.9 Å². The number of hydrogen-bond donors (Lipinski definition) is 0. The van der Waals surface area contributed by atoms with E-state index in [4.69, 9.17) is 4.74 Å². The van der Waals surface area contributed by atoms with E-state index >= 15 is 0 Å². The summed E-state index contributed by atoms with van der Waals surface area (Å²) < 4.78 is 5.79. The molecule has 0 saturated heterocycles. The van der Waals surface area contributed by atoms with Crippen molar-refractivity contribution in [2.24, 2.45) is 5.92 Å². The maximum absolute atomic E-state index is 10.7.